The predicted molar refractivity (Wildman–Crippen MR) is 102 cm³/mol. The Bertz CT molecular complexity index is 923. The molecule has 1 aromatic carbocycles. The van der Waals surface area contributed by atoms with Gasteiger partial charge in [0.2, 0.25) is 0 Å². The van der Waals surface area contributed by atoms with E-state index in [9.17, 15) is 4.79 Å². The van der Waals surface area contributed by atoms with Crippen molar-refractivity contribution in [2.75, 3.05) is 0 Å². The van der Waals surface area contributed by atoms with E-state index in [-0.39, 0.29) is 11.1 Å². The summed E-state index contributed by atoms with van der Waals surface area (Å²) in [4.78, 5) is 13.0. The Morgan fingerprint density at radius 1 is 1.12 bits per heavy atom. The minimum atomic E-state index is -0.314. The molecule has 2 aliphatic heterocycles. The quantitative estimate of drug-likeness (QED) is 0.683. The first-order chi connectivity index (χ1) is 11.9. The van der Waals surface area contributed by atoms with Gasteiger partial charge in [-0.25, -0.2) is 4.68 Å². The van der Waals surface area contributed by atoms with Gasteiger partial charge in [-0.15, -0.1) is 0 Å². The summed E-state index contributed by atoms with van der Waals surface area (Å²) < 4.78 is 3.93. The minimum Gasteiger partial charge on any atom is -0.346 e. The van der Waals surface area contributed by atoms with Gasteiger partial charge in [-0.3, -0.25) is 4.79 Å². The number of nitrogens with zero attached hydrogens (tertiary/aromatic N) is 3. The highest BCUT2D eigenvalue weighted by molar-refractivity contribution is 5.93. The normalized spacial score (nSPS) is 16.8. The van der Waals surface area contributed by atoms with Gasteiger partial charge in [0.05, 0.1) is 16.6 Å². The summed E-state index contributed by atoms with van der Waals surface area (Å²) in [6, 6.07) is 8.35. The van der Waals surface area contributed by atoms with Gasteiger partial charge in [-0.05, 0) is 45.6 Å². The topological polar surface area (TPSA) is 39.8 Å². The summed E-state index contributed by atoms with van der Waals surface area (Å²) in [5.74, 6) is 0.715. The molecule has 0 bridgehead atoms. The van der Waals surface area contributed by atoms with Crippen molar-refractivity contribution >= 4 is 10.9 Å². The summed E-state index contributed by atoms with van der Waals surface area (Å²) in [5.41, 5.74) is 2.45. The van der Waals surface area contributed by atoms with E-state index in [1.54, 1.807) is 4.68 Å². The Morgan fingerprint density at radius 2 is 1.84 bits per heavy atom. The van der Waals surface area contributed by atoms with Gasteiger partial charge in [0.1, 0.15) is 5.69 Å². The third-order valence-electron chi connectivity index (χ3n) is 5.45. The van der Waals surface area contributed by atoms with Gasteiger partial charge >= 0.3 is 0 Å². The SMILES string of the molecule is CC(C)(C)n1nc2c3ccccc3n(CC3CCCCC3)cc-2c1=O. The molecule has 0 amide bonds. The third-order valence-corrected chi connectivity index (χ3v) is 5.45. The van der Waals surface area contributed by atoms with Crippen LogP contribution in [0.15, 0.2) is 35.3 Å². The fourth-order valence-corrected chi connectivity index (χ4v) is 4.13. The number of pyridine rings is 1. The molecule has 0 spiro atoms. The number of fused-ring (bicyclic) bond motifs is 3. The molecule has 0 N–H and O–H groups in total. The summed E-state index contributed by atoms with van der Waals surface area (Å²) in [7, 11) is 0. The van der Waals surface area contributed by atoms with E-state index < -0.39 is 0 Å². The molecule has 1 fully saturated rings. The van der Waals surface area contributed by atoms with Crippen LogP contribution >= 0.6 is 0 Å². The Kier molecular flexibility index (Phi) is 3.94. The molecule has 0 radical (unpaired) electrons. The monoisotopic (exact) mass is 337 g/mol. The summed E-state index contributed by atoms with van der Waals surface area (Å²) in [5, 5.41) is 5.77. The molecule has 0 aromatic heterocycles. The maximum Gasteiger partial charge on any atom is 0.278 e. The lowest BCUT2D eigenvalue weighted by atomic mass is 9.89. The fourth-order valence-electron chi connectivity index (χ4n) is 4.13. The smallest absolute Gasteiger partial charge is 0.278 e. The van der Waals surface area contributed by atoms with Crippen molar-refractivity contribution in [3.63, 3.8) is 0 Å². The summed E-state index contributed by atoms with van der Waals surface area (Å²) >= 11 is 0. The molecule has 3 aliphatic rings. The average Bonchev–Trinajstić information content (AvgIpc) is 2.93. The van der Waals surface area contributed by atoms with Crippen molar-refractivity contribution in [1.29, 1.82) is 0 Å². The van der Waals surface area contributed by atoms with Gasteiger partial charge < -0.3 is 4.57 Å². The molecule has 4 nitrogen and oxygen atoms in total. The Morgan fingerprint density at radius 3 is 2.56 bits per heavy atom. The third kappa shape index (κ3) is 2.88. The number of benzene rings is 1. The van der Waals surface area contributed by atoms with Gasteiger partial charge in [-0.1, -0.05) is 37.5 Å². The number of rotatable bonds is 2. The zero-order valence-corrected chi connectivity index (χ0v) is 15.5. The van der Waals surface area contributed by atoms with E-state index in [0.29, 0.717) is 5.92 Å². The molecule has 1 aliphatic carbocycles. The zero-order chi connectivity index (χ0) is 17.6. The van der Waals surface area contributed by atoms with E-state index in [4.69, 9.17) is 5.10 Å². The van der Waals surface area contributed by atoms with Crippen LogP contribution in [0.2, 0.25) is 0 Å². The van der Waals surface area contributed by atoms with Crippen LogP contribution in [0.1, 0.15) is 52.9 Å². The van der Waals surface area contributed by atoms with Gasteiger partial charge in [0, 0.05) is 18.1 Å². The second kappa shape index (κ2) is 6.01. The van der Waals surface area contributed by atoms with Crippen molar-refractivity contribution in [3.05, 3.63) is 40.8 Å². The van der Waals surface area contributed by atoms with E-state index >= 15 is 0 Å². The average molecular weight is 337 g/mol. The molecule has 0 unspecified atom stereocenters. The van der Waals surface area contributed by atoms with E-state index in [0.717, 1.165) is 23.2 Å². The highest BCUT2D eigenvalue weighted by Crippen LogP contribution is 2.31. The maximum atomic E-state index is 13.0. The first kappa shape index (κ1) is 16.4. The Hall–Kier alpha value is -2.10. The summed E-state index contributed by atoms with van der Waals surface area (Å²) in [6.07, 6.45) is 8.67. The minimum absolute atomic E-state index is 0.0191. The lowest BCUT2D eigenvalue weighted by molar-refractivity contribution is 0.322. The van der Waals surface area contributed by atoms with E-state index in [2.05, 4.69) is 22.8 Å². The van der Waals surface area contributed by atoms with Crippen molar-refractivity contribution in [3.8, 4) is 11.3 Å². The Labute approximate surface area is 148 Å². The van der Waals surface area contributed by atoms with Crippen LogP contribution in [-0.2, 0) is 12.1 Å². The van der Waals surface area contributed by atoms with Crippen LogP contribution in [0, 0.1) is 5.92 Å². The molecule has 132 valence electrons. The Balaban J connectivity index is 1.91. The van der Waals surface area contributed by atoms with Crippen LogP contribution < -0.4 is 5.56 Å². The fraction of sp³-hybridized carbons (Fsp3) is 0.524. The summed E-state index contributed by atoms with van der Waals surface area (Å²) in [6.45, 7) is 7.08. The van der Waals surface area contributed by atoms with Gasteiger partial charge in [0.25, 0.3) is 5.56 Å². The molecule has 4 rings (SSSR count). The van der Waals surface area contributed by atoms with Crippen LogP contribution in [0.5, 0.6) is 0 Å². The van der Waals surface area contributed by atoms with Crippen molar-refractivity contribution in [2.24, 2.45) is 5.92 Å². The second-order valence-corrected chi connectivity index (χ2v) is 8.45. The molecule has 1 saturated carbocycles. The number of hydrogen-bond donors (Lipinski definition) is 0. The van der Waals surface area contributed by atoms with Gasteiger partial charge in [-0.2, -0.15) is 5.10 Å². The number of hydrogen-bond acceptors (Lipinski definition) is 2. The van der Waals surface area contributed by atoms with E-state index in [1.165, 1.54) is 37.6 Å². The molecular weight excluding hydrogens is 310 g/mol. The first-order valence-corrected chi connectivity index (χ1v) is 9.46. The van der Waals surface area contributed by atoms with Gasteiger partial charge in [0.15, 0.2) is 0 Å². The first-order valence-electron chi connectivity index (χ1n) is 9.46. The molecule has 25 heavy (non-hydrogen) atoms. The van der Waals surface area contributed by atoms with Crippen LogP contribution in [0.4, 0.5) is 0 Å². The molecule has 2 heterocycles. The number of aromatic nitrogens is 3. The molecule has 1 aromatic rings. The van der Waals surface area contributed by atoms with E-state index in [1.807, 2.05) is 33.0 Å². The van der Waals surface area contributed by atoms with Crippen LogP contribution in [0.25, 0.3) is 22.2 Å². The number of para-hydroxylation sites is 1. The lowest BCUT2D eigenvalue weighted by Crippen LogP contribution is -2.32. The maximum absolute atomic E-state index is 13.0. The lowest BCUT2D eigenvalue weighted by Gasteiger charge is -2.24. The molecule has 0 atom stereocenters. The molecular formula is C21H27N3O. The molecule has 0 saturated heterocycles. The van der Waals surface area contributed by atoms with Crippen molar-refractivity contribution < 1.29 is 0 Å². The van der Waals surface area contributed by atoms with Crippen molar-refractivity contribution in [2.45, 2.75) is 65.0 Å². The van der Waals surface area contributed by atoms with Crippen molar-refractivity contribution in [1.82, 2.24) is 14.3 Å². The highest BCUT2D eigenvalue weighted by atomic mass is 16.1. The largest absolute Gasteiger partial charge is 0.346 e. The predicted octanol–water partition coefficient (Wildman–Crippen LogP) is 4.64. The second-order valence-electron chi connectivity index (χ2n) is 8.45. The highest BCUT2D eigenvalue weighted by Gasteiger charge is 2.26. The zero-order valence-electron chi connectivity index (χ0n) is 15.5. The van der Waals surface area contributed by atoms with Crippen LogP contribution in [0.3, 0.4) is 0 Å². The van der Waals surface area contributed by atoms with Crippen LogP contribution in [-0.4, -0.2) is 14.3 Å². The standard InChI is InChI=1S/C21H27N3O/c1-21(2,3)24-20(25)17-14-23(13-15-9-5-4-6-10-15)18-12-8-7-11-16(18)19(17)22-24/h7-8,11-12,14-15H,4-6,9-10,13H2,1-3H3. The molecule has 4 heteroatoms.